The van der Waals surface area contributed by atoms with Gasteiger partial charge < -0.3 is 15.8 Å². The second-order valence-electron chi connectivity index (χ2n) is 4.42. The van der Waals surface area contributed by atoms with E-state index in [9.17, 15) is 13.2 Å². The van der Waals surface area contributed by atoms with Gasteiger partial charge in [0.2, 0.25) is 15.9 Å². The molecule has 1 aromatic carbocycles. The Labute approximate surface area is 118 Å². The standard InChI is InChI=1S/C12H19N3O4S/c1-8(7-13)12(16)14-9-4-5-10(11(6-9)19-2)15-20(3,17)18/h4-6,8,15H,7,13H2,1-3H3,(H,14,16). The highest BCUT2D eigenvalue weighted by Gasteiger charge is 2.13. The first-order valence-corrected chi connectivity index (χ1v) is 7.82. The maximum absolute atomic E-state index is 11.7. The van der Waals surface area contributed by atoms with E-state index in [0.717, 1.165) is 6.26 Å². The Bertz CT molecular complexity index is 586. The molecule has 0 radical (unpaired) electrons. The summed E-state index contributed by atoms with van der Waals surface area (Å²) in [6.07, 6.45) is 1.05. The maximum Gasteiger partial charge on any atom is 0.229 e. The quantitative estimate of drug-likeness (QED) is 0.712. The summed E-state index contributed by atoms with van der Waals surface area (Å²) in [5.74, 6) is -0.207. The molecule has 1 amide bonds. The lowest BCUT2D eigenvalue weighted by atomic mass is 10.1. The summed E-state index contributed by atoms with van der Waals surface area (Å²) >= 11 is 0. The summed E-state index contributed by atoms with van der Waals surface area (Å²) in [7, 11) is -1.98. The molecular weight excluding hydrogens is 282 g/mol. The number of anilines is 2. The molecule has 1 aromatic rings. The predicted octanol–water partition coefficient (Wildman–Crippen LogP) is 0.600. The molecule has 0 bridgehead atoms. The van der Waals surface area contributed by atoms with Crippen molar-refractivity contribution in [2.45, 2.75) is 6.92 Å². The van der Waals surface area contributed by atoms with Crippen molar-refractivity contribution < 1.29 is 17.9 Å². The summed E-state index contributed by atoms with van der Waals surface area (Å²) in [5.41, 5.74) is 6.23. The molecular formula is C12H19N3O4S. The fraction of sp³-hybridized carbons (Fsp3) is 0.417. The number of carbonyl (C=O) groups is 1. The summed E-state index contributed by atoms with van der Waals surface area (Å²) in [6, 6.07) is 4.63. The van der Waals surface area contributed by atoms with Gasteiger partial charge in [0.1, 0.15) is 5.75 Å². The SMILES string of the molecule is COc1cc(NC(=O)C(C)CN)ccc1NS(C)(=O)=O. The summed E-state index contributed by atoms with van der Waals surface area (Å²) in [6.45, 7) is 1.96. The van der Waals surface area contributed by atoms with Crippen LogP contribution >= 0.6 is 0 Å². The van der Waals surface area contributed by atoms with Gasteiger partial charge in [0.15, 0.2) is 0 Å². The smallest absolute Gasteiger partial charge is 0.229 e. The number of carbonyl (C=O) groups excluding carboxylic acids is 1. The molecule has 7 nitrogen and oxygen atoms in total. The molecule has 0 aliphatic carbocycles. The summed E-state index contributed by atoms with van der Waals surface area (Å²) in [5, 5.41) is 2.68. The molecule has 0 heterocycles. The number of nitrogens with two attached hydrogens (primary N) is 1. The number of hydrogen-bond acceptors (Lipinski definition) is 5. The Kier molecular flexibility index (Phi) is 5.34. The molecule has 20 heavy (non-hydrogen) atoms. The van der Waals surface area contributed by atoms with Gasteiger partial charge in [0.25, 0.3) is 0 Å². The molecule has 1 unspecified atom stereocenters. The normalized spacial score (nSPS) is 12.6. The van der Waals surface area contributed by atoms with Crippen molar-refractivity contribution in [3.05, 3.63) is 18.2 Å². The van der Waals surface area contributed by atoms with Crippen LogP contribution in [-0.2, 0) is 14.8 Å². The van der Waals surface area contributed by atoms with Crippen molar-refractivity contribution in [1.82, 2.24) is 0 Å². The number of nitrogens with one attached hydrogen (secondary N) is 2. The molecule has 4 N–H and O–H groups in total. The van der Waals surface area contributed by atoms with Gasteiger partial charge in [-0.05, 0) is 12.1 Å². The highest BCUT2D eigenvalue weighted by Crippen LogP contribution is 2.28. The van der Waals surface area contributed by atoms with E-state index in [4.69, 9.17) is 10.5 Å². The van der Waals surface area contributed by atoms with E-state index in [2.05, 4.69) is 10.0 Å². The molecule has 1 rings (SSSR count). The molecule has 0 aromatic heterocycles. The van der Waals surface area contributed by atoms with Crippen LogP contribution in [0.25, 0.3) is 0 Å². The third-order valence-electron chi connectivity index (χ3n) is 2.57. The highest BCUT2D eigenvalue weighted by molar-refractivity contribution is 7.92. The third-order valence-corrected chi connectivity index (χ3v) is 3.16. The van der Waals surface area contributed by atoms with Crippen molar-refractivity contribution in [1.29, 1.82) is 0 Å². The predicted molar refractivity (Wildman–Crippen MR) is 78.3 cm³/mol. The van der Waals surface area contributed by atoms with Crippen LogP contribution in [0.5, 0.6) is 5.75 Å². The van der Waals surface area contributed by atoms with E-state index >= 15 is 0 Å². The average molecular weight is 301 g/mol. The van der Waals surface area contributed by atoms with Crippen molar-refractivity contribution in [3.63, 3.8) is 0 Å². The molecule has 0 spiro atoms. The molecule has 0 saturated heterocycles. The van der Waals surface area contributed by atoms with Crippen LogP contribution in [0, 0.1) is 5.92 Å². The molecule has 0 aliphatic heterocycles. The number of benzene rings is 1. The van der Waals surface area contributed by atoms with Crippen LogP contribution in [0.15, 0.2) is 18.2 Å². The molecule has 0 aliphatic rings. The lowest BCUT2D eigenvalue weighted by molar-refractivity contribution is -0.119. The maximum atomic E-state index is 11.7. The van der Waals surface area contributed by atoms with Gasteiger partial charge in [-0.1, -0.05) is 6.92 Å². The second kappa shape index (κ2) is 6.58. The van der Waals surface area contributed by atoms with Gasteiger partial charge in [-0.2, -0.15) is 0 Å². The Morgan fingerprint density at radius 1 is 1.45 bits per heavy atom. The zero-order valence-electron chi connectivity index (χ0n) is 11.6. The Hall–Kier alpha value is -1.80. The fourth-order valence-corrected chi connectivity index (χ4v) is 1.99. The Morgan fingerprint density at radius 2 is 2.10 bits per heavy atom. The number of methoxy groups -OCH3 is 1. The number of sulfonamides is 1. The van der Waals surface area contributed by atoms with Crippen molar-refractivity contribution in [3.8, 4) is 5.75 Å². The van der Waals surface area contributed by atoms with Crippen LogP contribution < -0.4 is 20.5 Å². The van der Waals surface area contributed by atoms with Crippen molar-refractivity contribution in [2.24, 2.45) is 11.7 Å². The molecule has 0 fully saturated rings. The van der Waals surface area contributed by atoms with Gasteiger partial charge in [-0.25, -0.2) is 8.42 Å². The monoisotopic (exact) mass is 301 g/mol. The van der Waals surface area contributed by atoms with Gasteiger partial charge in [0, 0.05) is 24.2 Å². The van der Waals surface area contributed by atoms with Crippen molar-refractivity contribution >= 4 is 27.3 Å². The van der Waals surface area contributed by atoms with Gasteiger partial charge in [-0.15, -0.1) is 0 Å². The Balaban J connectivity index is 2.95. The number of hydrogen-bond donors (Lipinski definition) is 3. The summed E-state index contributed by atoms with van der Waals surface area (Å²) < 4.78 is 29.8. The lowest BCUT2D eigenvalue weighted by Gasteiger charge is -2.13. The highest BCUT2D eigenvalue weighted by atomic mass is 32.2. The van der Waals surface area contributed by atoms with Crippen LogP contribution in [0.4, 0.5) is 11.4 Å². The topological polar surface area (TPSA) is 111 Å². The third kappa shape index (κ3) is 4.71. The minimum atomic E-state index is -3.40. The minimum absolute atomic E-state index is 0.210. The van der Waals surface area contributed by atoms with E-state index in [-0.39, 0.29) is 18.4 Å². The molecule has 8 heteroatoms. The fourth-order valence-electron chi connectivity index (χ4n) is 1.43. The van der Waals surface area contributed by atoms with E-state index < -0.39 is 10.0 Å². The van der Waals surface area contributed by atoms with Crippen LogP contribution in [0.2, 0.25) is 0 Å². The number of ether oxygens (including phenoxy) is 1. The van der Waals surface area contributed by atoms with Crippen LogP contribution in [-0.4, -0.2) is 34.2 Å². The van der Waals surface area contributed by atoms with E-state index in [1.54, 1.807) is 13.0 Å². The van der Waals surface area contributed by atoms with Crippen LogP contribution in [0.3, 0.4) is 0 Å². The lowest BCUT2D eigenvalue weighted by Crippen LogP contribution is -2.26. The zero-order valence-corrected chi connectivity index (χ0v) is 12.5. The Morgan fingerprint density at radius 3 is 2.60 bits per heavy atom. The van der Waals surface area contributed by atoms with E-state index in [1.165, 1.54) is 19.2 Å². The number of rotatable bonds is 6. The molecule has 112 valence electrons. The van der Waals surface area contributed by atoms with Crippen LogP contribution in [0.1, 0.15) is 6.92 Å². The first kappa shape index (κ1) is 16.3. The largest absolute Gasteiger partial charge is 0.494 e. The van der Waals surface area contributed by atoms with Gasteiger partial charge in [0.05, 0.1) is 19.1 Å². The second-order valence-corrected chi connectivity index (χ2v) is 6.16. The first-order valence-electron chi connectivity index (χ1n) is 5.93. The molecule has 1 atom stereocenters. The van der Waals surface area contributed by atoms with Crippen molar-refractivity contribution in [2.75, 3.05) is 29.9 Å². The summed E-state index contributed by atoms with van der Waals surface area (Å²) in [4.78, 5) is 11.7. The van der Waals surface area contributed by atoms with Gasteiger partial charge >= 0.3 is 0 Å². The van der Waals surface area contributed by atoms with E-state index in [1.807, 2.05) is 0 Å². The first-order chi connectivity index (χ1) is 9.26. The zero-order chi connectivity index (χ0) is 15.3. The molecule has 0 saturated carbocycles. The van der Waals surface area contributed by atoms with Gasteiger partial charge in [-0.3, -0.25) is 9.52 Å². The average Bonchev–Trinajstić information content (AvgIpc) is 2.37. The minimum Gasteiger partial charge on any atom is -0.494 e. The van der Waals surface area contributed by atoms with E-state index in [0.29, 0.717) is 17.1 Å². The number of amides is 1.